The molecule has 0 aliphatic heterocycles. The van der Waals surface area contributed by atoms with E-state index in [9.17, 15) is 14.3 Å². The lowest BCUT2D eigenvalue weighted by Gasteiger charge is -2.59. The summed E-state index contributed by atoms with van der Waals surface area (Å²) >= 11 is 0. The summed E-state index contributed by atoms with van der Waals surface area (Å²) in [6.07, 6.45) is 8.77. The van der Waals surface area contributed by atoms with Gasteiger partial charge < -0.3 is 5.11 Å². The molecular weight excluding hydrogens is 315 g/mol. The largest absolute Gasteiger partial charge is 0.389 e. The zero-order valence-corrected chi connectivity index (χ0v) is 15.8. The normalized spacial score (nSPS) is 48.4. The van der Waals surface area contributed by atoms with Crippen molar-refractivity contribution in [1.29, 1.82) is 0 Å². The molecule has 2 nitrogen and oxygen atoms in total. The Kier molecular flexibility index (Phi) is 4.03. The molecule has 0 aromatic heterocycles. The number of allylic oxidation sites excluding steroid dienone is 2. The van der Waals surface area contributed by atoms with Crippen LogP contribution in [0.25, 0.3) is 0 Å². The van der Waals surface area contributed by atoms with Crippen LogP contribution in [0.15, 0.2) is 23.0 Å². The predicted molar refractivity (Wildman–Crippen MR) is 96.5 cm³/mol. The Bertz CT molecular complexity index is 663. The monoisotopic (exact) mass is 346 g/mol. The van der Waals surface area contributed by atoms with E-state index in [1.165, 1.54) is 5.57 Å². The Labute approximate surface area is 150 Å². The highest BCUT2D eigenvalue weighted by atomic mass is 19.1. The van der Waals surface area contributed by atoms with Crippen molar-refractivity contribution < 1.29 is 14.3 Å². The Morgan fingerprint density at radius 1 is 1.20 bits per heavy atom. The third-order valence-electron chi connectivity index (χ3n) is 8.53. The number of rotatable bonds is 1. The van der Waals surface area contributed by atoms with Gasteiger partial charge in [0.15, 0.2) is 5.78 Å². The molecule has 0 bridgehead atoms. The van der Waals surface area contributed by atoms with Gasteiger partial charge in [0.05, 0.1) is 6.61 Å². The number of halogens is 1. The van der Waals surface area contributed by atoms with Crippen molar-refractivity contribution in [1.82, 2.24) is 0 Å². The summed E-state index contributed by atoms with van der Waals surface area (Å²) in [5, 5.41) is 9.32. The molecule has 0 aromatic carbocycles. The summed E-state index contributed by atoms with van der Waals surface area (Å²) in [7, 11) is 0. The topological polar surface area (TPSA) is 37.3 Å². The van der Waals surface area contributed by atoms with E-state index in [0.29, 0.717) is 35.9 Å². The van der Waals surface area contributed by atoms with Gasteiger partial charge in [0.2, 0.25) is 0 Å². The Balaban J connectivity index is 1.72. The highest BCUT2D eigenvalue weighted by molar-refractivity contribution is 5.91. The molecule has 0 saturated heterocycles. The number of ketones is 1. The van der Waals surface area contributed by atoms with Crippen molar-refractivity contribution in [2.45, 2.75) is 65.7 Å². The van der Waals surface area contributed by atoms with Gasteiger partial charge in [0.25, 0.3) is 0 Å². The van der Waals surface area contributed by atoms with Crippen LogP contribution in [0.2, 0.25) is 0 Å². The lowest BCUT2D eigenvalue weighted by Crippen LogP contribution is -2.51. The van der Waals surface area contributed by atoms with E-state index >= 15 is 0 Å². The number of carbonyl (C=O) groups is 1. The van der Waals surface area contributed by atoms with E-state index in [4.69, 9.17) is 0 Å². The fourth-order valence-corrected chi connectivity index (χ4v) is 7.34. The van der Waals surface area contributed by atoms with Gasteiger partial charge in [0, 0.05) is 6.42 Å². The number of hydrogen-bond acceptors (Lipinski definition) is 2. The van der Waals surface area contributed by atoms with Crippen LogP contribution in [-0.2, 0) is 4.79 Å². The standard InChI is InChI=1S/C22H31FO2/c1-13-10-15-16-4-5-18(20(23)12-24)21(16,2)9-7-17(15)22(3)8-6-14(25)11-19(13)22/h11,13,15-17,24H,4-10,12H2,1-3H3/b20-18+/t13-,15?,16?,17?,21?,22?/m0/s1. The van der Waals surface area contributed by atoms with E-state index < -0.39 is 6.61 Å². The minimum absolute atomic E-state index is 0.0736. The summed E-state index contributed by atoms with van der Waals surface area (Å²) < 4.78 is 14.3. The molecule has 4 rings (SSSR count). The molecule has 4 aliphatic carbocycles. The molecule has 138 valence electrons. The van der Waals surface area contributed by atoms with Gasteiger partial charge in [-0.1, -0.05) is 26.3 Å². The van der Waals surface area contributed by atoms with Crippen LogP contribution in [0.4, 0.5) is 4.39 Å². The van der Waals surface area contributed by atoms with Crippen LogP contribution in [0.3, 0.4) is 0 Å². The van der Waals surface area contributed by atoms with E-state index in [2.05, 4.69) is 20.8 Å². The second-order valence-corrected chi connectivity index (χ2v) is 9.53. The van der Waals surface area contributed by atoms with Crippen LogP contribution < -0.4 is 0 Å². The van der Waals surface area contributed by atoms with Gasteiger partial charge in [0.1, 0.15) is 5.83 Å². The smallest absolute Gasteiger partial charge is 0.155 e. The molecule has 3 heteroatoms. The molecule has 25 heavy (non-hydrogen) atoms. The minimum Gasteiger partial charge on any atom is -0.389 e. The fraction of sp³-hybridized carbons (Fsp3) is 0.773. The molecular formula is C22H31FO2. The number of aliphatic hydroxyl groups is 1. The Hall–Kier alpha value is -0.960. The molecule has 0 radical (unpaired) electrons. The van der Waals surface area contributed by atoms with Crippen molar-refractivity contribution in [2.24, 2.45) is 34.5 Å². The summed E-state index contributed by atoms with van der Waals surface area (Å²) in [5.74, 6) is 2.24. The van der Waals surface area contributed by atoms with Crippen LogP contribution in [0.5, 0.6) is 0 Å². The Morgan fingerprint density at radius 3 is 2.64 bits per heavy atom. The van der Waals surface area contributed by atoms with Crippen LogP contribution >= 0.6 is 0 Å². The maximum absolute atomic E-state index is 14.3. The average Bonchev–Trinajstić information content (AvgIpc) is 2.93. The Morgan fingerprint density at radius 2 is 1.92 bits per heavy atom. The van der Waals surface area contributed by atoms with Gasteiger partial charge in [-0.25, -0.2) is 4.39 Å². The fourth-order valence-electron chi connectivity index (χ4n) is 7.34. The first kappa shape index (κ1) is 17.5. The molecule has 3 saturated carbocycles. The van der Waals surface area contributed by atoms with Crippen molar-refractivity contribution in [3.63, 3.8) is 0 Å². The SMILES string of the molecule is C[C@H]1CC2C(CCC3(C)/C(=C(/F)CO)CCC23)C2(C)CCC(=O)C=C12. The summed E-state index contributed by atoms with van der Waals surface area (Å²) in [6.45, 7) is 6.47. The maximum Gasteiger partial charge on any atom is 0.155 e. The van der Waals surface area contributed by atoms with Gasteiger partial charge in [-0.2, -0.15) is 0 Å². The number of aliphatic hydroxyl groups excluding tert-OH is 1. The lowest BCUT2D eigenvalue weighted by atomic mass is 9.45. The average molecular weight is 346 g/mol. The lowest BCUT2D eigenvalue weighted by molar-refractivity contribution is -0.117. The number of fused-ring (bicyclic) bond motifs is 5. The van der Waals surface area contributed by atoms with Gasteiger partial charge in [-0.05, 0) is 84.7 Å². The number of carbonyl (C=O) groups excluding carboxylic acids is 1. The predicted octanol–water partition coefficient (Wildman–Crippen LogP) is 4.98. The summed E-state index contributed by atoms with van der Waals surface area (Å²) in [4.78, 5) is 12.0. The number of hydrogen-bond donors (Lipinski definition) is 1. The van der Waals surface area contributed by atoms with Crippen molar-refractivity contribution in [2.75, 3.05) is 6.61 Å². The maximum atomic E-state index is 14.3. The summed E-state index contributed by atoms with van der Waals surface area (Å²) in [6, 6.07) is 0. The van der Waals surface area contributed by atoms with Crippen molar-refractivity contribution in [3.8, 4) is 0 Å². The first-order chi connectivity index (χ1) is 11.8. The van der Waals surface area contributed by atoms with Gasteiger partial charge >= 0.3 is 0 Å². The molecule has 0 spiro atoms. The molecule has 0 heterocycles. The zero-order chi connectivity index (χ0) is 18.0. The highest BCUT2D eigenvalue weighted by Crippen LogP contribution is 2.67. The molecule has 0 aromatic rings. The quantitative estimate of drug-likeness (QED) is 0.727. The first-order valence-electron chi connectivity index (χ1n) is 10.0. The van der Waals surface area contributed by atoms with Crippen molar-refractivity contribution >= 4 is 5.78 Å². The van der Waals surface area contributed by atoms with E-state index in [1.54, 1.807) is 0 Å². The third-order valence-corrected chi connectivity index (χ3v) is 8.53. The van der Waals surface area contributed by atoms with Crippen molar-refractivity contribution in [3.05, 3.63) is 23.0 Å². The zero-order valence-electron chi connectivity index (χ0n) is 15.8. The van der Waals surface area contributed by atoms with E-state index in [-0.39, 0.29) is 16.7 Å². The molecule has 5 unspecified atom stereocenters. The molecule has 6 atom stereocenters. The second kappa shape index (κ2) is 5.77. The van der Waals surface area contributed by atoms with Crippen LogP contribution in [0.1, 0.15) is 65.7 Å². The summed E-state index contributed by atoms with van der Waals surface area (Å²) in [5.41, 5.74) is 2.37. The first-order valence-corrected chi connectivity index (χ1v) is 10.0. The highest BCUT2D eigenvalue weighted by Gasteiger charge is 2.59. The molecule has 4 aliphatic rings. The second-order valence-electron chi connectivity index (χ2n) is 9.53. The van der Waals surface area contributed by atoms with Crippen LogP contribution in [0, 0.1) is 34.5 Å². The van der Waals surface area contributed by atoms with Gasteiger partial charge in [-0.3, -0.25) is 4.79 Å². The van der Waals surface area contributed by atoms with E-state index in [1.807, 2.05) is 6.08 Å². The molecule has 0 amide bonds. The minimum atomic E-state index is -0.450. The molecule has 1 N–H and O–H groups in total. The van der Waals surface area contributed by atoms with E-state index in [0.717, 1.165) is 44.1 Å². The third kappa shape index (κ3) is 2.34. The van der Waals surface area contributed by atoms with Crippen LogP contribution in [-0.4, -0.2) is 17.5 Å². The molecule has 3 fully saturated rings. The van der Waals surface area contributed by atoms with Gasteiger partial charge in [-0.15, -0.1) is 0 Å².